The van der Waals surface area contributed by atoms with Gasteiger partial charge in [-0.1, -0.05) is 46.1 Å². The largest absolute Gasteiger partial charge is 0.325 e. The fraction of sp³-hybridized carbons (Fsp3) is 0.300. The van der Waals surface area contributed by atoms with Crippen LogP contribution >= 0.6 is 39.1 Å². The van der Waals surface area contributed by atoms with Crippen LogP contribution in [0.4, 0.5) is 10.1 Å². The number of amides is 1. The van der Waals surface area contributed by atoms with Crippen molar-refractivity contribution in [1.29, 1.82) is 0 Å². The van der Waals surface area contributed by atoms with Crippen LogP contribution in [0.1, 0.15) is 13.3 Å². The van der Waals surface area contributed by atoms with E-state index in [1.54, 1.807) is 0 Å². The first kappa shape index (κ1) is 13.7. The third kappa shape index (κ3) is 3.34. The fourth-order valence-electron chi connectivity index (χ4n) is 1.03. The lowest BCUT2D eigenvalue weighted by Crippen LogP contribution is -2.22. The second-order valence-electron chi connectivity index (χ2n) is 3.12. The van der Waals surface area contributed by atoms with Crippen LogP contribution in [0.5, 0.6) is 0 Å². The van der Waals surface area contributed by atoms with E-state index in [4.69, 9.17) is 23.2 Å². The number of halogens is 4. The zero-order valence-electron chi connectivity index (χ0n) is 8.36. The molecule has 1 N–H and O–H groups in total. The summed E-state index contributed by atoms with van der Waals surface area (Å²) in [5.74, 6) is -0.909. The Balaban J connectivity index is 2.87. The summed E-state index contributed by atoms with van der Waals surface area (Å²) in [7, 11) is 0. The highest BCUT2D eigenvalue weighted by Gasteiger charge is 2.14. The Labute approximate surface area is 111 Å². The van der Waals surface area contributed by atoms with Crippen LogP contribution in [0.2, 0.25) is 10.0 Å². The molecular weight excluding hydrogens is 320 g/mol. The zero-order chi connectivity index (χ0) is 12.3. The maximum atomic E-state index is 13.1. The minimum absolute atomic E-state index is 0.120. The first-order valence-electron chi connectivity index (χ1n) is 4.55. The maximum Gasteiger partial charge on any atom is 0.238 e. The predicted molar refractivity (Wildman–Crippen MR) is 68.1 cm³/mol. The molecule has 0 saturated heterocycles. The minimum atomic E-state index is -0.688. The van der Waals surface area contributed by atoms with Crippen molar-refractivity contribution in [2.24, 2.45) is 0 Å². The summed E-state index contributed by atoms with van der Waals surface area (Å²) >= 11 is 14.4. The molecule has 1 unspecified atom stereocenters. The topological polar surface area (TPSA) is 29.1 Å². The van der Waals surface area contributed by atoms with Crippen molar-refractivity contribution in [3.8, 4) is 0 Å². The summed E-state index contributed by atoms with van der Waals surface area (Å²) in [4.78, 5) is 11.2. The summed E-state index contributed by atoms with van der Waals surface area (Å²) in [5, 5.41) is 2.34. The van der Waals surface area contributed by atoms with Crippen LogP contribution in [0, 0.1) is 5.82 Å². The first-order chi connectivity index (χ1) is 7.45. The Morgan fingerprint density at radius 3 is 2.44 bits per heavy atom. The molecule has 1 amide bonds. The van der Waals surface area contributed by atoms with E-state index >= 15 is 0 Å². The van der Waals surface area contributed by atoms with E-state index in [1.165, 1.54) is 12.1 Å². The van der Waals surface area contributed by atoms with E-state index in [0.717, 1.165) is 0 Å². The molecule has 0 bridgehead atoms. The van der Waals surface area contributed by atoms with Gasteiger partial charge in [0.05, 0.1) is 14.9 Å². The van der Waals surface area contributed by atoms with E-state index in [0.29, 0.717) is 12.1 Å². The van der Waals surface area contributed by atoms with Gasteiger partial charge in [-0.05, 0) is 18.6 Å². The van der Waals surface area contributed by atoms with Crippen LogP contribution in [0.15, 0.2) is 12.1 Å². The Hall–Kier alpha value is -0.320. The van der Waals surface area contributed by atoms with Crippen LogP contribution in [0.3, 0.4) is 0 Å². The predicted octanol–water partition coefficient (Wildman–Crippen LogP) is 4.24. The molecule has 0 saturated carbocycles. The summed E-state index contributed by atoms with van der Waals surface area (Å²) in [5.41, 5.74) is 0.374. The summed E-state index contributed by atoms with van der Waals surface area (Å²) in [6.45, 7) is 1.86. The van der Waals surface area contributed by atoms with Gasteiger partial charge in [0.1, 0.15) is 0 Å². The molecule has 16 heavy (non-hydrogen) atoms. The van der Waals surface area contributed by atoms with Gasteiger partial charge in [0, 0.05) is 5.69 Å². The molecule has 1 aromatic carbocycles. The molecule has 0 fully saturated rings. The summed E-state index contributed by atoms with van der Waals surface area (Å²) in [6.07, 6.45) is 0.647. The number of hydrogen-bond donors (Lipinski definition) is 1. The van der Waals surface area contributed by atoms with Gasteiger partial charge in [-0.3, -0.25) is 4.79 Å². The third-order valence-corrected chi connectivity index (χ3v) is 3.51. The van der Waals surface area contributed by atoms with Gasteiger partial charge in [-0.2, -0.15) is 0 Å². The van der Waals surface area contributed by atoms with Crippen molar-refractivity contribution in [1.82, 2.24) is 0 Å². The maximum absolute atomic E-state index is 13.1. The van der Waals surface area contributed by atoms with E-state index in [9.17, 15) is 9.18 Å². The Morgan fingerprint density at radius 2 is 2.00 bits per heavy atom. The minimum Gasteiger partial charge on any atom is -0.325 e. The Morgan fingerprint density at radius 1 is 1.50 bits per heavy atom. The monoisotopic (exact) mass is 327 g/mol. The Kier molecular flexibility index (Phi) is 5.02. The molecule has 2 nitrogen and oxygen atoms in total. The number of carbonyl (C=O) groups excluding carboxylic acids is 1. The molecule has 1 rings (SSSR count). The highest BCUT2D eigenvalue weighted by Crippen LogP contribution is 2.27. The van der Waals surface area contributed by atoms with Gasteiger partial charge in [0.15, 0.2) is 5.82 Å². The molecule has 1 aromatic rings. The molecule has 0 aliphatic rings. The molecule has 88 valence electrons. The Bertz CT molecular complexity index is 391. The average Bonchev–Trinajstić information content (AvgIpc) is 2.24. The summed E-state index contributed by atoms with van der Waals surface area (Å²) in [6, 6.07) is 2.63. The van der Waals surface area contributed by atoms with Crippen molar-refractivity contribution < 1.29 is 9.18 Å². The molecular formula is C10H9BrCl2FNO. The smallest absolute Gasteiger partial charge is 0.238 e. The molecule has 1 atom stereocenters. The number of rotatable bonds is 3. The molecule has 6 heteroatoms. The molecule has 0 aliphatic carbocycles. The number of nitrogens with one attached hydrogen (secondary N) is 1. The lowest BCUT2D eigenvalue weighted by atomic mass is 10.2. The highest BCUT2D eigenvalue weighted by molar-refractivity contribution is 9.10. The van der Waals surface area contributed by atoms with Gasteiger partial charge in [0.2, 0.25) is 5.91 Å². The van der Waals surface area contributed by atoms with E-state index in [1.807, 2.05) is 6.92 Å². The molecule has 0 heterocycles. The first-order valence-corrected chi connectivity index (χ1v) is 6.22. The van der Waals surface area contributed by atoms with Crippen molar-refractivity contribution in [3.05, 3.63) is 28.0 Å². The number of benzene rings is 1. The van der Waals surface area contributed by atoms with Crippen molar-refractivity contribution >= 4 is 50.7 Å². The normalized spacial score (nSPS) is 12.3. The summed E-state index contributed by atoms with van der Waals surface area (Å²) < 4.78 is 13.1. The van der Waals surface area contributed by atoms with Crippen LogP contribution in [-0.2, 0) is 4.79 Å². The second kappa shape index (κ2) is 5.84. The van der Waals surface area contributed by atoms with E-state index in [-0.39, 0.29) is 20.8 Å². The van der Waals surface area contributed by atoms with Gasteiger partial charge in [0.25, 0.3) is 0 Å². The van der Waals surface area contributed by atoms with Gasteiger partial charge in [-0.25, -0.2) is 4.39 Å². The quantitative estimate of drug-likeness (QED) is 0.652. The van der Waals surface area contributed by atoms with Crippen molar-refractivity contribution in [2.75, 3.05) is 5.32 Å². The van der Waals surface area contributed by atoms with Gasteiger partial charge in [-0.15, -0.1) is 0 Å². The lowest BCUT2D eigenvalue weighted by molar-refractivity contribution is -0.115. The van der Waals surface area contributed by atoms with E-state index < -0.39 is 5.82 Å². The van der Waals surface area contributed by atoms with Crippen LogP contribution in [0.25, 0.3) is 0 Å². The number of alkyl halides is 1. The fourth-order valence-corrected chi connectivity index (χ4v) is 1.64. The standard InChI is InChI=1S/C10H9BrCl2FNO/c1-2-6(11)10(16)15-5-3-7(12)9(14)8(13)4-5/h3-4,6H,2H2,1H3,(H,15,16). The van der Waals surface area contributed by atoms with E-state index in [2.05, 4.69) is 21.2 Å². The number of anilines is 1. The zero-order valence-corrected chi connectivity index (χ0v) is 11.5. The van der Waals surface area contributed by atoms with Crippen LogP contribution < -0.4 is 5.32 Å². The van der Waals surface area contributed by atoms with Crippen molar-refractivity contribution in [2.45, 2.75) is 18.2 Å². The van der Waals surface area contributed by atoms with Crippen LogP contribution in [-0.4, -0.2) is 10.7 Å². The lowest BCUT2D eigenvalue weighted by Gasteiger charge is -2.09. The third-order valence-electron chi connectivity index (χ3n) is 1.89. The molecule has 0 aromatic heterocycles. The molecule has 0 radical (unpaired) electrons. The number of hydrogen-bond acceptors (Lipinski definition) is 1. The SMILES string of the molecule is CCC(Br)C(=O)Nc1cc(Cl)c(F)c(Cl)c1. The van der Waals surface area contributed by atoms with Gasteiger partial charge >= 0.3 is 0 Å². The number of carbonyl (C=O) groups is 1. The molecule has 0 spiro atoms. The second-order valence-corrected chi connectivity index (χ2v) is 5.04. The molecule has 0 aliphatic heterocycles. The van der Waals surface area contributed by atoms with Crippen molar-refractivity contribution in [3.63, 3.8) is 0 Å². The average molecular weight is 329 g/mol. The highest BCUT2D eigenvalue weighted by atomic mass is 79.9. The van der Waals surface area contributed by atoms with Gasteiger partial charge < -0.3 is 5.32 Å².